The van der Waals surface area contributed by atoms with E-state index < -0.39 is 0 Å². The average molecular weight is 340 g/mol. The Balaban J connectivity index is 1.79. The minimum Gasteiger partial charge on any atom is -0.378 e. The number of aromatic amines is 1. The van der Waals surface area contributed by atoms with Crippen LogP contribution in [0, 0.1) is 0 Å². The van der Waals surface area contributed by atoms with Gasteiger partial charge in [-0.2, -0.15) is 0 Å². The molecule has 1 heterocycles. The number of nitrogens with zero attached hydrogens (tertiary/aromatic N) is 1. The summed E-state index contributed by atoms with van der Waals surface area (Å²) in [7, 11) is 4.16. The second-order valence-electron chi connectivity index (χ2n) is 7.02. The van der Waals surface area contributed by atoms with Gasteiger partial charge in [-0.15, -0.1) is 0 Å². The molecule has 0 saturated carbocycles. The lowest BCUT2D eigenvalue weighted by atomic mass is 9.85. The zero-order valence-electron chi connectivity index (χ0n) is 15.3. The molecule has 0 aliphatic rings. The van der Waals surface area contributed by atoms with Gasteiger partial charge in [0.25, 0.3) is 0 Å². The number of para-hydroxylation sites is 1. The van der Waals surface area contributed by atoms with Crippen LogP contribution < -0.4 is 4.90 Å². The molecule has 1 aromatic heterocycles. The van der Waals surface area contributed by atoms with Gasteiger partial charge < -0.3 is 9.88 Å². The number of rotatable bonds is 5. The summed E-state index contributed by atoms with van der Waals surface area (Å²) in [4.78, 5) is 5.59. The van der Waals surface area contributed by atoms with Gasteiger partial charge in [-0.1, -0.05) is 60.7 Å². The van der Waals surface area contributed by atoms with Crippen molar-refractivity contribution >= 4 is 16.6 Å². The molecule has 0 spiro atoms. The molecular formula is C24H24N2. The van der Waals surface area contributed by atoms with Crippen molar-refractivity contribution in [2.45, 2.75) is 12.3 Å². The van der Waals surface area contributed by atoms with Crippen LogP contribution >= 0.6 is 0 Å². The molecule has 1 N–H and O–H groups in total. The van der Waals surface area contributed by atoms with Crippen molar-refractivity contribution in [3.63, 3.8) is 0 Å². The summed E-state index contributed by atoms with van der Waals surface area (Å²) in [5.41, 5.74) is 6.50. The molecule has 0 saturated heterocycles. The van der Waals surface area contributed by atoms with Gasteiger partial charge in [0.05, 0.1) is 0 Å². The molecule has 0 aliphatic heterocycles. The smallest absolute Gasteiger partial charge is 0.0457 e. The van der Waals surface area contributed by atoms with E-state index in [0.29, 0.717) is 5.92 Å². The van der Waals surface area contributed by atoms with E-state index in [0.717, 1.165) is 6.42 Å². The summed E-state index contributed by atoms with van der Waals surface area (Å²) < 4.78 is 0. The number of fused-ring (bicyclic) bond motifs is 1. The van der Waals surface area contributed by atoms with Crippen LogP contribution in [-0.4, -0.2) is 19.1 Å². The summed E-state index contributed by atoms with van der Waals surface area (Å²) >= 11 is 0. The lowest BCUT2D eigenvalue weighted by Crippen LogP contribution is -2.09. The molecule has 26 heavy (non-hydrogen) atoms. The van der Waals surface area contributed by atoms with E-state index in [9.17, 15) is 0 Å². The SMILES string of the molecule is CN(C)c1ccc(C(Cc2ccccc2)c2c[nH]c3ccccc23)cc1. The Labute approximate surface area is 155 Å². The first kappa shape index (κ1) is 16.5. The lowest BCUT2D eigenvalue weighted by molar-refractivity contribution is 0.811. The van der Waals surface area contributed by atoms with Crippen LogP contribution in [0.2, 0.25) is 0 Å². The molecule has 1 unspecified atom stereocenters. The minimum absolute atomic E-state index is 0.324. The van der Waals surface area contributed by atoms with Crippen molar-refractivity contribution in [2.75, 3.05) is 19.0 Å². The Bertz CT molecular complexity index is 982. The molecule has 0 aliphatic carbocycles. The summed E-state index contributed by atoms with van der Waals surface area (Å²) in [5, 5.41) is 1.31. The molecule has 4 rings (SSSR count). The van der Waals surface area contributed by atoms with E-state index in [2.05, 4.69) is 109 Å². The van der Waals surface area contributed by atoms with Crippen molar-refractivity contribution < 1.29 is 0 Å². The van der Waals surface area contributed by atoms with Crippen LogP contribution in [0.25, 0.3) is 10.9 Å². The van der Waals surface area contributed by atoms with Gasteiger partial charge in [-0.3, -0.25) is 0 Å². The van der Waals surface area contributed by atoms with Gasteiger partial charge in [0.15, 0.2) is 0 Å². The third-order valence-electron chi connectivity index (χ3n) is 5.09. The number of benzene rings is 3. The van der Waals surface area contributed by atoms with E-state index in [1.807, 2.05) is 0 Å². The maximum absolute atomic E-state index is 3.45. The first-order valence-corrected chi connectivity index (χ1v) is 9.09. The molecule has 0 bridgehead atoms. The van der Waals surface area contributed by atoms with Gasteiger partial charge in [0.1, 0.15) is 0 Å². The molecule has 2 nitrogen and oxygen atoms in total. The fourth-order valence-corrected chi connectivity index (χ4v) is 3.64. The quantitative estimate of drug-likeness (QED) is 0.500. The summed E-state index contributed by atoms with van der Waals surface area (Å²) in [6.07, 6.45) is 3.17. The van der Waals surface area contributed by atoms with Crippen molar-refractivity contribution in [1.29, 1.82) is 0 Å². The molecule has 0 amide bonds. The summed E-state index contributed by atoms with van der Waals surface area (Å²) in [6.45, 7) is 0. The molecule has 3 aromatic carbocycles. The molecule has 2 heteroatoms. The van der Waals surface area contributed by atoms with Crippen LogP contribution in [0.5, 0.6) is 0 Å². The molecule has 4 aromatic rings. The predicted octanol–water partition coefficient (Wildman–Crippen LogP) is 5.61. The van der Waals surface area contributed by atoms with Gasteiger partial charge in [-0.05, 0) is 41.3 Å². The molecule has 0 fully saturated rings. The van der Waals surface area contributed by atoms with Crippen LogP contribution in [0.3, 0.4) is 0 Å². The number of hydrogen-bond donors (Lipinski definition) is 1. The summed E-state index contributed by atoms with van der Waals surface area (Å²) in [5.74, 6) is 0.324. The highest BCUT2D eigenvalue weighted by molar-refractivity contribution is 5.84. The van der Waals surface area contributed by atoms with Gasteiger partial charge >= 0.3 is 0 Å². The second kappa shape index (κ2) is 7.09. The van der Waals surface area contributed by atoms with Gasteiger partial charge in [-0.25, -0.2) is 0 Å². The van der Waals surface area contributed by atoms with Crippen molar-refractivity contribution in [3.8, 4) is 0 Å². The monoisotopic (exact) mass is 340 g/mol. The van der Waals surface area contributed by atoms with Crippen LogP contribution in [-0.2, 0) is 6.42 Å². The van der Waals surface area contributed by atoms with E-state index in [1.54, 1.807) is 0 Å². The topological polar surface area (TPSA) is 19.0 Å². The molecule has 1 atom stereocenters. The second-order valence-corrected chi connectivity index (χ2v) is 7.02. The minimum atomic E-state index is 0.324. The molecule has 130 valence electrons. The van der Waals surface area contributed by atoms with Gasteiger partial charge in [0.2, 0.25) is 0 Å². The fourth-order valence-electron chi connectivity index (χ4n) is 3.64. The predicted molar refractivity (Wildman–Crippen MR) is 111 cm³/mol. The number of anilines is 1. The molecular weight excluding hydrogens is 316 g/mol. The Morgan fingerprint density at radius 3 is 2.23 bits per heavy atom. The highest BCUT2D eigenvalue weighted by atomic mass is 15.1. The number of H-pyrrole nitrogens is 1. The third kappa shape index (κ3) is 3.23. The maximum atomic E-state index is 3.45. The van der Waals surface area contributed by atoms with Crippen molar-refractivity contribution in [2.24, 2.45) is 0 Å². The highest BCUT2D eigenvalue weighted by Gasteiger charge is 2.18. The Morgan fingerprint density at radius 2 is 1.50 bits per heavy atom. The Kier molecular flexibility index (Phi) is 4.49. The van der Waals surface area contributed by atoms with E-state index in [-0.39, 0.29) is 0 Å². The van der Waals surface area contributed by atoms with E-state index in [4.69, 9.17) is 0 Å². The number of aromatic nitrogens is 1. The Hall–Kier alpha value is -3.00. The van der Waals surface area contributed by atoms with E-state index >= 15 is 0 Å². The first-order chi connectivity index (χ1) is 12.7. The van der Waals surface area contributed by atoms with Crippen molar-refractivity contribution in [1.82, 2.24) is 4.98 Å². The van der Waals surface area contributed by atoms with E-state index in [1.165, 1.54) is 33.3 Å². The highest BCUT2D eigenvalue weighted by Crippen LogP contribution is 2.34. The normalized spacial score (nSPS) is 12.2. The summed E-state index contributed by atoms with van der Waals surface area (Å²) in [6, 6.07) is 28.3. The molecule has 0 radical (unpaired) electrons. The zero-order chi connectivity index (χ0) is 17.9. The first-order valence-electron chi connectivity index (χ1n) is 9.09. The number of nitrogens with one attached hydrogen (secondary N) is 1. The largest absolute Gasteiger partial charge is 0.378 e. The fraction of sp³-hybridized carbons (Fsp3) is 0.167. The number of hydrogen-bond acceptors (Lipinski definition) is 1. The third-order valence-corrected chi connectivity index (χ3v) is 5.09. The Morgan fingerprint density at radius 1 is 0.808 bits per heavy atom. The lowest BCUT2D eigenvalue weighted by Gasteiger charge is -2.19. The average Bonchev–Trinajstić information content (AvgIpc) is 3.11. The van der Waals surface area contributed by atoms with Crippen LogP contribution in [0.1, 0.15) is 22.6 Å². The standard InChI is InChI=1S/C24H24N2/c1-26(2)20-14-12-19(13-15-20)22(16-18-8-4-3-5-9-18)23-17-25-24-11-7-6-10-21(23)24/h3-15,17,22,25H,16H2,1-2H3. The van der Waals surface area contributed by atoms with Crippen molar-refractivity contribution in [3.05, 3.63) is 102 Å². The zero-order valence-corrected chi connectivity index (χ0v) is 15.3. The van der Waals surface area contributed by atoms with Crippen LogP contribution in [0.4, 0.5) is 5.69 Å². The maximum Gasteiger partial charge on any atom is 0.0457 e. The van der Waals surface area contributed by atoms with Crippen LogP contribution in [0.15, 0.2) is 85.1 Å². The van der Waals surface area contributed by atoms with Gasteiger partial charge in [0, 0.05) is 42.8 Å².